The van der Waals surface area contributed by atoms with Crippen molar-refractivity contribution in [1.82, 2.24) is 0 Å². The molecule has 0 heterocycles. The third kappa shape index (κ3) is 5.69. The molecule has 0 aliphatic carbocycles. The van der Waals surface area contributed by atoms with Gasteiger partial charge in [-0.1, -0.05) is 0 Å². The molecule has 2 rings (SSSR count). The zero-order valence-electron chi connectivity index (χ0n) is 12.6. The number of rotatable bonds is 6. The van der Waals surface area contributed by atoms with Crippen molar-refractivity contribution in [2.24, 2.45) is 4.99 Å². The Morgan fingerprint density at radius 3 is 2.31 bits per heavy atom. The molecule has 0 aliphatic rings. The monoisotopic (exact) mass is 376 g/mol. The molecule has 6 nitrogen and oxygen atoms in total. The van der Waals surface area contributed by atoms with Gasteiger partial charge in [-0.05, 0) is 30.3 Å². The minimum atomic E-state index is -4.84. The second-order valence-electron chi connectivity index (χ2n) is 4.66. The largest absolute Gasteiger partial charge is 0.573 e. The van der Waals surface area contributed by atoms with Crippen molar-refractivity contribution in [2.75, 3.05) is 0 Å². The number of benzene rings is 2. The van der Waals surface area contributed by atoms with Crippen LogP contribution in [0.3, 0.4) is 0 Å². The summed E-state index contributed by atoms with van der Waals surface area (Å²) >= 11 is 0. The highest BCUT2D eigenvalue weighted by Crippen LogP contribution is 2.27. The van der Waals surface area contributed by atoms with E-state index in [4.69, 9.17) is 0 Å². The van der Waals surface area contributed by atoms with Crippen LogP contribution in [0.15, 0.2) is 47.5 Å². The lowest BCUT2D eigenvalue weighted by atomic mass is 10.2. The van der Waals surface area contributed by atoms with Gasteiger partial charge < -0.3 is 9.47 Å². The molecule has 0 unspecified atom stereocenters. The van der Waals surface area contributed by atoms with Gasteiger partial charge in [0, 0.05) is 23.9 Å². The molecule has 0 amide bonds. The van der Waals surface area contributed by atoms with Crippen LogP contribution in [0, 0.1) is 10.1 Å². The van der Waals surface area contributed by atoms with Crippen LogP contribution in [0.4, 0.5) is 33.3 Å². The van der Waals surface area contributed by atoms with Gasteiger partial charge in [0.2, 0.25) is 0 Å². The zero-order valence-corrected chi connectivity index (χ0v) is 12.6. The Balaban J connectivity index is 2.25. The second kappa shape index (κ2) is 7.76. The Morgan fingerprint density at radius 1 is 1.12 bits per heavy atom. The van der Waals surface area contributed by atoms with Gasteiger partial charge in [-0.3, -0.25) is 15.1 Å². The molecule has 0 aliphatic heterocycles. The summed E-state index contributed by atoms with van der Waals surface area (Å²) in [4.78, 5) is 13.9. The van der Waals surface area contributed by atoms with Gasteiger partial charge in [-0.15, -0.1) is 13.2 Å². The van der Waals surface area contributed by atoms with Gasteiger partial charge in [0.1, 0.15) is 11.5 Å². The van der Waals surface area contributed by atoms with Crippen LogP contribution in [-0.2, 0) is 0 Å². The van der Waals surface area contributed by atoms with Crippen LogP contribution in [0.2, 0.25) is 0 Å². The Bertz CT molecular complexity index is 807. The van der Waals surface area contributed by atoms with E-state index in [1.165, 1.54) is 12.1 Å². The van der Waals surface area contributed by atoms with E-state index < -0.39 is 23.6 Å². The van der Waals surface area contributed by atoms with E-state index >= 15 is 0 Å². The molecular formula is C15H9F5N2O4. The minimum absolute atomic E-state index is 0.102. The zero-order chi connectivity index (χ0) is 19.3. The molecule has 0 aromatic heterocycles. The fraction of sp³-hybridized carbons (Fsp3) is 0.133. The summed E-state index contributed by atoms with van der Waals surface area (Å²) in [7, 11) is 0. The van der Waals surface area contributed by atoms with Crippen LogP contribution in [0.5, 0.6) is 11.5 Å². The van der Waals surface area contributed by atoms with E-state index in [0.717, 1.165) is 36.5 Å². The molecular weight excluding hydrogens is 367 g/mol. The standard InChI is InChI=1S/C15H9F5N2O4/c16-14(17)25-13-6-3-11(22(23)24)7-9(13)8-21-10-1-4-12(5-2-10)26-15(18,19)20/h1-8,14H/b21-8+. The van der Waals surface area contributed by atoms with Gasteiger partial charge >= 0.3 is 13.0 Å². The lowest BCUT2D eigenvalue weighted by Crippen LogP contribution is -2.16. The first-order chi connectivity index (χ1) is 12.1. The maximum Gasteiger partial charge on any atom is 0.573 e. The van der Waals surface area contributed by atoms with E-state index in [1.807, 2.05) is 0 Å². The molecule has 0 saturated heterocycles. The van der Waals surface area contributed by atoms with E-state index in [2.05, 4.69) is 14.5 Å². The number of non-ortho nitro benzene ring substituents is 1. The summed E-state index contributed by atoms with van der Waals surface area (Å²) in [6.45, 7) is -3.15. The van der Waals surface area contributed by atoms with Crippen molar-refractivity contribution in [3.63, 3.8) is 0 Å². The molecule has 0 N–H and O–H groups in total. The summed E-state index contributed by atoms with van der Waals surface area (Å²) < 4.78 is 69.0. The van der Waals surface area contributed by atoms with Crippen molar-refractivity contribution in [3.8, 4) is 11.5 Å². The van der Waals surface area contributed by atoms with E-state index in [0.29, 0.717) is 0 Å². The lowest BCUT2D eigenvalue weighted by Gasteiger charge is -2.08. The number of nitro benzene ring substituents is 1. The lowest BCUT2D eigenvalue weighted by molar-refractivity contribution is -0.384. The molecule has 0 saturated carbocycles. The molecule has 11 heteroatoms. The molecule has 0 fully saturated rings. The SMILES string of the molecule is O=[N+]([O-])c1ccc(OC(F)F)c(/C=N/c2ccc(OC(F)(F)F)cc2)c1. The third-order valence-corrected chi connectivity index (χ3v) is 2.84. The molecule has 26 heavy (non-hydrogen) atoms. The fourth-order valence-electron chi connectivity index (χ4n) is 1.83. The number of ether oxygens (including phenoxy) is 2. The summed E-state index contributed by atoms with van der Waals surface area (Å²) in [5.74, 6) is -0.806. The summed E-state index contributed by atoms with van der Waals surface area (Å²) in [5.41, 5.74) is -0.314. The topological polar surface area (TPSA) is 74.0 Å². The first-order valence-corrected chi connectivity index (χ1v) is 6.77. The normalized spacial score (nSPS) is 11.8. The van der Waals surface area contributed by atoms with Crippen LogP contribution in [-0.4, -0.2) is 24.1 Å². The molecule has 2 aromatic rings. The van der Waals surface area contributed by atoms with E-state index in [1.54, 1.807) is 0 Å². The first-order valence-electron chi connectivity index (χ1n) is 6.77. The highest BCUT2D eigenvalue weighted by atomic mass is 19.4. The minimum Gasteiger partial charge on any atom is -0.434 e. The Hall–Kier alpha value is -3.24. The fourth-order valence-corrected chi connectivity index (χ4v) is 1.83. The van der Waals surface area contributed by atoms with E-state index in [9.17, 15) is 32.1 Å². The maximum atomic E-state index is 12.4. The predicted octanol–water partition coefficient (Wildman–Crippen LogP) is 4.85. The average molecular weight is 376 g/mol. The number of hydrogen-bond donors (Lipinski definition) is 0. The maximum absolute atomic E-state index is 12.4. The van der Waals surface area contributed by atoms with Crippen LogP contribution >= 0.6 is 0 Å². The predicted molar refractivity (Wildman–Crippen MR) is 80.1 cm³/mol. The Morgan fingerprint density at radius 2 is 1.77 bits per heavy atom. The van der Waals surface area contributed by atoms with Gasteiger partial charge in [0.05, 0.1) is 10.6 Å². The van der Waals surface area contributed by atoms with Crippen molar-refractivity contribution < 1.29 is 36.3 Å². The molecule has 0 bridgehead atoms. The van der Waals surface area contributed by atoms with E-state index in [-0.39, 0.29) is 22.7 Å². The number of nitro groups is 1. The van der Waals surface area contributed by atoms with Crippen molar-refractivity contribution >= 4 is 17.6 Å². The highest BCUT2D eigenvalue weighted by Gasteiger charge is 2.30. The molecule has 138 valence electrons. The average Bonchev–Trinajstić information content (AvgIpc) is 2.53. The molecule has 0 spiro atoms. The van der Waals surface area contributed by atoms with Crippen LogP contribution < -0.4 is 9.47 Å². The Labute approximate surface area is 142 Å². The quantitative estimate of drug-likeness (QED) is 0.313. The number of alkyl halides is 5. The van der Waals surface area contributed by atoms with Gasteiger partial charge in [0.15, 0.2) is 0 Å². The summed E-state index contributed by atoms with van der Waals surface area (Å²) in [5, 5.41) is 10.8. The molecule has 2 aromatic carbocycles. The third-order valence-electron chi connectivity index (χ3n) is 2.84. The van der Waals surface area contributed by atoms with Crippen molar-refractivity contribution in [3.05, 3.63) is 58.1 Å². The summed E-state index contributed by atoms with van der Waals surface area (Å²) in [6, 6.07) is 7.33. The second-order valence-corrected chi connectivity index (χ2v) is 4.66. The first kappa shape index (κ1) is 19.1. The van der Waals surface area contributed by atoms with Gasteiger partial charge in [0.25, 0.3) is 5.69 Å². The Kier molecular flexibility index (Phi) is 5.70. The highest BCUT2D eigenvalue weighted by molar-refractivity contribution is 5.86. The smallest absolute Gasteiger partial charge is 0.434 e. The van der Waals surface area contributed by atoms with Crippen molar-refractivity contribution in [1.29, 1.82) is 0 Å². The van der Waals surface area contributed by atoms with Crippen molar-refractivity contribution in [2.45, 2.75) is 13.0 Å². The number of halogens is 5. The molecule has 0 radical (unpaired) electrons. The number of hydrogen-bond acceptors (Lipinski definition) is 5. The van der Waals surface area contributed by atoms with Crippen LogP contribution in [0.25, 0.3) is 0 Å². The van der Waals surface area contributed by atoms with Crippen LogP contribution in [0.1, 0.15) is 5.56 Å². The van der Waals surface area contributed by atoms with Gasteiger partial charge in [-0.25, -0.2) is 0 Å². The molecule has 0 atom stereocenters. The number of nitrogens with zero attached hydrogens (tertiary/aromatic N) is 2. The summed E-state index contributed by atoms with van der Waals surface area (Å²) in [6.07, 6.45) is -3.82. The number of aliphatic imine (C=N–C) groups is 1. The van der Waals surface area contributed by atoms with Gasteiger partial charge in [-0.2, -0.15) is 8.78 Å².